The fourth-order valence-electron chi connectivity index (χ4n) is 2.51. The van der Waals surface area contributed by atoms with Crippen molar-refractivity contribution in [2.24, 2.45) is 17.6 Å². The van der Waals surface area contributed by atoms with E-state index in [1.54, 1.807) is 11.3 Å². The summed E-state index contributed by atoms with van der Waals surface area (Å²) in [5.74, 6) is 2.73. The lowest BCUT2D eigenvalue weighted by Gasteiger charge is -2.05. The van der Waals surface area contributed by atoms with Crippen LogP contribution in [0.5, 0.6) is 0 Å². The lowest BCUT2D eigenvalue weighted by Crippen LogP contribution is -2.03. The quantitative estimate of drug-likeness (QED) is 0.811. The van der Waals surface area contributed by atoms with Crippen molar-refractivity contribution < 1.29 is 0 Å². The standard InChI is InChI=1S/C10H15N3S/c1-5(11)9-12-13-10(14-9)8-3-6-2-7(6)4-8/h5-8H,2-4,11H2,1H3. The Balaban J connectivity index is 1.76. The molecule has 76 valence electrons. The summed E-state index contributed by atoms with van der Waals surface area (Å²) in [4.78, 5) is 0. The van der Waals surface area contributed by atoms with Gasteiger partial charge < -0.3 is 5.73 Å². The minimum atomic E-state index is 0.0391. The van der Waals surface area contributed by atoms with Crippen molar-refractivity contribution in [3.63, 3.8) is 0 Å². The van der Waals surface area contributed by atoms with Crippen molar-refractivity contribution in [3.05, 3.63) is 10.0 Å². The van der Waals surface area contributed by atoms with E-state index in [4.69, 9.17) is 5.73 Å². The molecule has 0 aliphatic heterocycles. The van der Waals surface area contributed by atoms with Gasteiger partial charge in [0.05, 0.1) is 6.04 Å². The van der Waals surface area contributed by atoms with E-state index in [9.17, 15) is 0 Å². The van der Waals surface area contributed by atoms with Crippen LogP contribution in [0.2, 0.25) is 0 Å². The summed E-state index contributed by atoms with van der Waals surface area (Å²) in [5, 5.41) is 10.6. The van der Waals surface area contributed by atoms with Crippen LogP contribution in [0.1, 0.15) is 48.2 Å². The highest BCUT2D eigenvalue weighted by atomic mass is 32.1. The Hall–Kier alpha value is -0.480. The second kappa shape index (κ2) is 3.00. The van der Waals surface area contributed by atoms with Gasteiger partial charge in [0.1, 0.15) is 10.0 Å². The topological polar surface area (TPSA) is 51.8 Å². The minimum absolute atomic E-state index is 0.0391. The molecule has 1 aromatic heterocycles. The maximum absolute atomic E-state index is 5.77. The molecular weight excluding hydrogens is 194 g/mol. The predicted octanol–water partition coefficient (Wildman–Crippen LogP) is 2.07. The Kier molecular flexibility index (Phi) is 1.89. The van der Waals surface area contributed by atoms with Crippen LogP contribution >= 0.6 is 11.3 Å². The highest BCUT2D eigenvalue weighted by Crippen LogP contribution is 2.57. The van der Waals surface area contributed by atoms with Crippen LogP contribution in [0.25, 0.3) is 0 Å². The van der Waals surface area contributed by atoms with Gasteiger partial charge in [0, 0.05) is 5.92 Å². The molecule has 3 nitrogen and oxygen atoms in total. The maximum atomic E-state index is 5.77. The zero-order chi connectivity index (χ0) is 9.71. The smallest absolute Gasteiger partial charge is 0.133 e. The molecule has 0 radical (unpaired) electrons. The normalized spacial score (nSPS) is 36.9. The van der Waals surface area contributed by atoms with Crippen molar-refractivity contribution >= 4 is 11.3 Å². The van der Waals surface area contributed by atoms with Crippen LogP contribution in [0.3, 0.4) is 0 Å². The lowest BCUT2D eigenvalue weighted by atomic mass is 10.1. The highest BCUT2D eigenvalue weighted by Gasteiger charge is 2.47. The third kappa shape index (κ3) is 1.37. The predicted molar refractivity (Wildman–Crippen MR) is 56.1 cm³/mol. The van der Waals surface area contributed by atoms with Gasteiger partial charge in [-0.2, -0.15) is 0 Å². The van der Waals surface area contributed by atoms with Gasteiger partial charge in [-0.3, -0.25) is 0 Å². The van der Waals surface area contributed by atoms with Crippen molar-refractivity contribution in [3.8, 4) is 0 Å². The molecule has 2 N–H and O–H groups in total. The van der Waals surface area contributed by atoms with E-state index in [1.807, 2.05) is 6.92 Å². The van der Waals surface area contributed by atoms with E-state index < -0.39 is 0 Å². The summed E-state index contributed by atoms with van der Waals surface area (Å²) in [6.45, 7) is 1.97. The first-order chi connectivity index (χ1) is 6.74. The van der Waals surface area contributed by atoms with Gasteiger partial charge in [0.2, 0.25) is 0 Å². The molecule has 1 aromatic rings. The molecule has 2 saturated carbocycles. The second-order valence-corrected chi connectivity index (χ2v) is 5.73. The van der Waals surface area contributed by atoms with Crippen molar-refractivity contribution in [1.82, 2.24) is 10.2 Å². The van der Waals surface area contributed by atoms with E-state index in [0.29, 0.717) is 5.92 Å². The van der Waals surface area contributed by atoms with Crippen LogP contribution < -0.4 is 5.73 Å². The molecule has 3 atom stereocenters. The van der Waals surface area contributed by atoms with Crippen LogP contribution in [0.4, 0.5) is 0 Å². The SMILES string of the molecule is CC(N)c1nnc(C2CC3CC3C2)s1. The molecule has 0 saturated heterocycles. The fourth-order valence-corrected chi connectivity index (χ4v) is 3.43. The van der Waals surface area contributed by atoms with Gasteiger partial charge in [-0.05, 0) is 38.0 Å². The van der Waals surface area contributed by atoms with E-state index in [1.165, 1.54) is 24.3 Å². The monoisotopic (exact) mass is 209 g/mol. The number of fused-ring (bicyclic) bond motifs is 1. The Labute approximate surface area is 87.7 Å². The molecule has 2 aliphatic rings. The number of hydrogen-bond donors (Lipinski definition) is 1. The average molecular weight is 209 g/mol. The average Bonchev–Trinajstić information content (AvgIpc) is 2.69. The Morgan fingerprint density at radius 3 is 2.57 bits per heavy atom. The van der Waals surface area contributed by atoms with Crippen LogP contribution in [0.15, 0.2) is 0 Å². The van der Waals surface area contributed by atoms with Gasteiger partial charge in [-0.1, -0.05) is 11.3 Å². The first-order valence-corrected chi connectivity index (χ1v) is 6.14. The number of hydrogen-bond acceptors (Lipinski definition) is 4. The second-order valence-electron chi connectivity index (χ2n) is 4.69. The molecule has 4 heteroatoms. The third-order valence-corrected chi connectivity index (χ3v) is 4.73. The minimum Gasteiger partial charge on any atom is -0.322 e. The summed E-state index contributed by atoms with van der Waals surface area (Å²) < 4.78 is 0. The summed E-state index contributed by atoms with van der Waals surface area (Å²) in [6, 6.07) is 0.0391. The highest BCUT2D eigenvalue weighted by molar-refractivity contribution is 7.11. The van der Waals surface area contributed by atoms with Gasteiger partial charge in [-0.15, -0.1) is 10.2 Å². The van der Waals surface area contributed by atoms with Crippen LogP contribution in [-0.2, 0) is 0 Å². The molecule has 0 amide bonds. The van der Waals surface area contributed by atoms with Gasteiger partial charge in [0.15, 0.2) is 0 Å². The number of nitrogens with zero attached hydrogens (tertiary/aromatic N) is 2. The fraction of sp³-hybridized carbons (Fsp3) is 0.800. The molecule has 3 unspecified atom stereocenters. The lowest BCUT2D eigenvalue weighted by molar-refractivity contribution is 0.614. The zero-order valence-electron chi connectivity index (χ0n) is 8.31. The molecule has 2 fully saturated rings. The molecule has 0 spiro atoms. The molecular formula is C10H15N3S. The Morgan fingerprint density at radius 1 is 1.29 bits per heavy atom. The number of nitrogens with two attached hydrogens (primary N) is 1. The van der Waals surface area contributed by atoms with Gasteiger partial charge in [-0.25, -0.2) is 0 Å². The largest absolute Gasteiger partial charge is 0.322 e. The summed E-state index contributed by atoms with van der Waals surface area (Å²) in [5.41, 5.74) is 5.77. The van der Waals surface area contributed by atoms with Crippen LogP contribution in [0, 0.1) is 11.8 Å². The first-order valence-electron chi connectivity index (χ1n) is 5.33. The maximum Gasteiger partial charge on any atom is 0.133 e. The summed E-state index contributed by atoms with van der Waals surface area (Å²) >= 11 is 1.71. The summed E-state index contributed by atoms with van der Waals surface area (Å²) in [6.07, 6.45) is 4.16. The Morgan fingerprint density at radius 2 is 2.00 bits per heavy atom. The van der Waals surface area contributed by atoms with Crippen molar-refractivity contribution in [2.75, 3.05) is 0 Å². The molecule has 0 bridgehead atoms. The van der Waals surface area contributed by atoms with E-state index >= 15 is 0 Å². The van der Waals surface area contributed by atoms with Crippen molar-refractivity contribution in [1.29, 1.82) is 0 Å². The molecule has 0 aromatic carbocycles. The molecule has 14 heavy (non-hydrogen) atoms. The van der Waals surface area contributed by atoms with E-state index in [0.717, 1.165) is 16.8 Å². The van der Waals surface area contributed by atoms with Crippen LogP contribution in [-0.4, -0.2) is 10.2 Å². The first kappa shape index (κ1) is 8.80. The zero-order valence-corrected chi connectivity index (χ0v) is 9.13. The van der Waals surface area contributed by atoms with Gasteiger partial charge >= 0.3 is 0 Å². The van der Waals surface area contributed by atoms with Crippen molar-refractivity contribution in [2.45, 2.75) is 38.1 Å². The molecule has 1 heterocycles. The van der Waals surface area contributed by atoms with E-state index in [2.05, 4.69) is 10.2 Å². The Bertz CT molecular complexity index is 337. The molecule has 2 aliphatic carbocycles. The third-order valence-electron chi connectivity index (χ3n) is 3.44. The van der Waals surface area contributed by atoms with E-state index in [-0.39, 0.29) is 6.04 Å². The van der Waals surface area contributed by atoms with Gasteiger partial charge in [0.25, 0.3) is 0 Å². The molecule has 3 rings (SSSR count). The number of rotatable bonds is 2. The number of aromatic nitrogens is 2. The summed E-state index contributed by atoms with van der Waals surface area (Å²) in [7, 11) is 0.